The largest absolute Gasteiger partial charge is 0.376 e. The fourth-order valence-electron chi connectivity index (χ4n) is 3.39. The first kappa shape index (κ1) is 17.2. The maximum atomic E-state index is 5.70. The predicted molar refractivity (Wildman–Crippen MR) is 102 cm³/mol. The van der Waals surface area contributed by atoms with E-state index in [9.17, 15) is 0 Å². The average Bonchev–Trinajstić information content (AvgIpc) is 3.39. The van der Waals surface area contributed by atoms with Gasteiger partial charge in [0.05, 0.1) is 12.2 Å². The quantitative estimate of drug-likeness (QED) is 0.795. The summed E-state index contributed by atoms with van der Waals surface area (Å²) in [7, 11) is 0. The van der Waals surface area contributed by atoms with E-state index in [-0.39, 0.29) is 12.2 Å². The Kier molecular flexibility index (Phi) is 5.62. The predicted octanol–water partition coefficient (Wildman–Crippen LogP) is 3.33. The van der Waals surface area contributed by atoms with E-state index < -0.39 is 0 Å². The van der Waals surface area contributed by atoms with Crippen LogP contribution < -0.4 is 10.6 Å². The molecule has 0 aliphatic carbocycles. The van der Waals surface area contributed by atoms with Crippen LogP contribution in [-0.2, 0) is 9.47 Å². The molecule has 26 heavy (non-hydrogen) atoms. The van der Waals surface area contributed by atoms with Crippen molar-refractivity contribution in [2.24, 2.45) is 0 Å². The minimum absolute atomic E-state index is 0.272. The van der Waals surface area contributed by atoms with E-state index in [0.29, 0.717) is 0 Å². The van der Waals surface area contributed by atoms with E-state index in [1.54, 1.807) is 0 Å². The summed E-state index contributed by atoms with van der Waals surface area (Å²) in [6.45, 7) is 3.27. The molecule has 0 radical (unpaired) electrons. The van der Waals surface area contributed by atoms with Gasteiger partial charge >= 0.3 is 0 Å². The number of nitrogens with one attached hydrogen (secondary N) is 2. The van der Waals surface area contributed by atoms with Crippen LogP contribution in [0.2, 0.25) is 0 Å². The van der Waals surface area contributed by atoms with Gasteiger partial charge in [-0.1, -0.05) is 30.3 Å². The molecule has 0 amide bonds. The number of benzene rings is 1. The van der Waals surface area contributed by atoms with Crippen molar-refractivity contribution in [3.63, 3.8) is 0 Å². The zero-order valence-electron chi connectivity index (χ0n) is 15.0. The lowest BCUT2D eigenvalue weighted by Gasteiger charge is -2.15. The van der Waals surface area contributed by atoms with Gasteiger partial charge in [-0.15, -0.1) is 0 Å². The van der Waals surface area contributed by atoms with Crippen molar-refractivity contribution in [2.75, 3.05) is 36.9 Å². The fraction of sp³-hybridized carbons (Fsp3) is 0.500. The molecule has 4 rings (SSSR count). The third-order valence-electron chi connectivity index (χ3n) is 4.83. The van der Waals surface area contributed by atoms with Crippen LogP contribution in [0.1, 0.15) is 25.7 Å². The highest BCUT2D eigenvalue weighted by molar-refractivity contribution is 5.61. The van der Waals surface area contributed by atoms with Gasteiger partial charge < -0.3 is 20.1 Å². The van der Waals surface area contributed by atoms with Crippen molar-refractivity contribution in [1.82, 2.24) is 9.97 Å². The Morgan fingerprint density at radius 2 is 1.42 bits per heavy atom. The fourth-order valence-corrected chi connectivity index (χ4v) is 3.39. The van der Waals surface area contributed by atoms with Crippen LogP contribution in [0.3, 0.4) is 0 Å². The van der Waals surface area contributed by atoms with Gasteiger partial charge in [0.15, 0.2) is 5.82 Å². The van der Waals surface area contributed by atoms with Crippen molar-refractivity contribution in [3.8, 4) is 11.4 Å². The second-order valence-electron chi connectivity index (χ2n) is 6.86. The van der Waals surface area contributed by atoms with Gasteiger partial charge in [0, 0.05) is 37.9 Å². The molecule has 2 aliphatic rings. The first-order chi connectivity index (χ1) is 12.9. The van der Waals surface area contributed by atoms with Crippen LogP contribution in [0.25, 0.3) is 11.4 Å². The number of anilines is 2. The van der Waals surface area contributed by atoms with Gasteiger partial charge in [-0.25, -0.2) is 9.97 Å². The average molecular weight is 354 g/mol. The highest BCUT2D eigenvalue weighted by atomic mass is 16.5. The molecule has 2 atom stereocenters. The molecule has 1 aromatic heterocycles. The molecule has 2 aliphatic heterocycles. The summed E-state index contributed by atoms with van der Waals surface area (Å²) < 4.78 is 11.4. The second kappa shape index (κ2) is 8.47. The number of aromatic nitrogens is 2. The SMILES string of the molecule is c1ccc(-c2nc(NCC3CCCO3)cc(NCC3CCCO3)n2)cc1. The van der Waals surface area contributed by atoms with Gasteiger partial charge in [0.2, 0.25) is 0 Å². The Bertz CT molecular complexity index is 660. The maximum Gasteiger partial charge on any atom is 0.163 e. The summed E-state index contributed by atoms with van der Waals surface area (Å²) in [6, 6.07) is 12.0. The van der Waals surface area contributed by atoms with E-state index in [0.717, 1.165) is 75.0 Å². The molecule has 6 heteroatoms. The number of rotatable bonds is 7. The van der Waals surface area contributed by atoms with Gasteiger partial charge in [0.25, 0.3) is 0 Å². The zero-order valence-corrected chi connectivity index (χ0v) is 15.0. The summed E-state index contributed by atoms with van der Waals surface area (Å²) >= 11 is 0. The van der Waals surface area contributed by atoms with Crippen LogP contribution in [0, 0.1) is 0 Å². The van der Waals surface area contributed by atoms with E-state index in [4.69, 9.17) is 19.4 Å². The molecule has 2 aromatic rings. The van der Waals surface area contributed by atoms with Crippen molar-refractivity contribution in [3.05, 3.63) is 36.4 Å². The minimum atomic E-state index is 0.272. The maximum absolute atomic E-state index is 5.70. The first-order valence-electron chi connectivity index (χ1n) is 9.52. The molecule has 0 saturated carbocycles. The molecule has 3 heterocycles. The molecule has 0 bridgehead atoms. The highest BCUT2D eigenvalue weighted by Crippen LogP contribution is 2.22. The number of nitrogens with zero attached hydrogens (tertiary/aromatic N) is 2. The Balaban J connectivity index is 1.50. The number of hydrogen-bond donors (Lipinski definition) is 2. The third kappa shape index (κ3) is 4.51. The molecule has 6 nitrogen and oxygen atoms in total. The smallest absolute Gasteiger partial charge is 0.163 e. The zero-order chi connectivity index (χ0) is 17.6. The van der Waals surface area contributed by atoms with Crippen LogP contribution in [0.4, 0.5) is 11.6 Å². The van der Waals surface area contributed by atoms with Crippen molar-refractivity contribution in [2.45, 2.75) is 37.9 Å². The standard InChI is InChI=1S/C20H26N4O2/c1-2-6-15(7-3-1)20-23-18(21-13-16-8-4-10-25-16)12-19(24-20)22-14-17-9-5-11-26-17/h1-3,6-7,12,16-17H,4-5,8-11,13-14H2,(H2,21,22,23,24). The minimum Gasteiger partial charge on any atom is -0.376 e. The lowest BCUT2D eigenvalue weighted by molar-refractivity contribution is 0.120. The molecule has 2 unspecified atom stereocenters. The van der Waals surface area contributed by atoms with Gasteiger partial charge in [-0.2, -0.15) is 0 Å². The van der Waals surface area contributed by atoms with Gasteiger partial charge in [0.1, 0.15) is 11.6 Å². The number of ether oxygens (including phenoxy) is 2. The molecular weight excluding hydrogens is 328 g/mol. The van der Waals surface area contributed by atoms with Gasteiger partial charge in [-0.3, -0.25) is 0 Å². The summed E-state index contributed by atoms with van der Waals surface area (Å²) in [5.74, 6) is 2.37. The van der Waals surface area contributed by atoms with Crippen LogP contribution >= 0.6 is 0 Å². The Morgan fingerprint density at radius 1 is 0.846 bits per heavy atom. The van der Waals surface area contributed by atoms with Crippen molar-refractivity contribution < 1.29 is 9.47 Å². The lowest BCUT2D eigenvalue weighted by Crippen LogP contribution is -2.21. The van der Waals surface area contributed by atoms with Crippen LogP contribution in [0.15, 0.2) is 36.4 Å². The van der Waals surface area contributed by atoms with Crippen LogP contribution in [-0.4, -0.2) is 48.5 Å². The van der Waals surface area contributed by atoms with Gasteiger partial charge in [-0.05, 0) is 25.7 Å². The van der Waals surface area contributed by atoms with E-state index >= 15 is 0 Å². The third-order valence-corrected chi connectivity index (χ3v) is 4.83. The Morgan fingerprint density at radius 3 is 1.92 bits per heavy atom. The van der Waals surface area contributed by atoms with Crippen LogP contribution in [0.5, 0.6) is 0 Å². The monoisotopic (exact) mass is 354 g/mol. The highest BCUT2D eigenvalue weighted by Gasteiger charge is 2.17. The van der Waals surface area contributed by atoms with Crippen molar-refractivity contribution >= 4 is 11.6 Å². The first-order valence-corrected chi connectivity index (χ1v) is 9.52. The Labute approximate surface area is 154 Å². The van der Waals surface area contributed by atoms with E-state index in [1.165, 1.54) is 0 Å². The second-order valence-corrected chi connectivity index (χ2v) is 6.86. The normalized spacial score (nSPS) is 22.5. The summed E-state index contributed by atoms with van der Waals surface area (Å²) in [4.78, 5) is 9.39. The molecule has 1 aromatic carbocycles. The summed E-state index contributed by atoms with van der Waals surface area (Å²) in [6.07, 6.45) is 5.03. The van der Waals surface area contributed by atoms with E-state index in [2.05, 4.69) is 10.6 Å². The molecule has 2 fully saturated rings. The topological polar surface area (TPSA) is 68.3 Å². The molecule has 2 saturated heterocycles. The lowest BCUT2D eigenvalue weighted by atomic mass is 10.2. The molecule has 2 N–H and O–H groups in total. The summed E-state index contributed by atoms with van der Waals surface area (Å²) in [5.41, 5.74) is 1.01. The van der Waals surface area contributed by atoms with Crippen molar-refractivity contribution in [1.29, 1.82) is 0 Å². The number of hydrogen-bond acceptors (Lipinski definition) is 6. The summed E-state index contributed by atoms with van der Waals surface area (Å²) in [5, 5.41) is 6.84. The molecule has 138 valence electrons. The molecule has 0 spiro atoms. The van der Waals surface area contributed by atoms with E-state index in [1.807, 2.05) is 36.4 Å². The Hall–Kier alpha value is -2.18. The molecular formula is C20H26N4O2.